The molecule has 4 nitrogen and oxygen atoms in total. The smallest absolute Gasteiger partial charge is 0.387 e. The van der Waals surface area contributed by atoms with Crippen molar-refractivity contribution in [1.29, 1.82) is 0 Å². The highest BCUT2D eigenvalue weighted by atomic mass is 32.2. The molecule has 0 atom stereocenters. The fourth-order valence-electron chi connectivity index (χ4n) is 1.11. The van der Waals surface area contributed by atoms with Crippen molar-refractivity contribution in [3.05, 3.63) is 29.8 Å². The molecule has 0 spiro atoms. The summed E-state index contributed by atoms with van der Waals surface area (Å²) in [5.74, 6) is -0.525. The highest BCUT2D eigenvalue weighted by Crippen LogP contribution is 2.21. The van der Waals surface area contributed by atoms with Gasteiger partial charge in [0.2, 0.25) is 10.0 Å². The summed E-state index contributed by atoms with van der Waals surface area (Å²) in [4.78, 5) is 0. The first-order chi connectivity index (χ1) is 7.44. The van der Waals surface area contributed by atoms with Gasteiger partial charge in [0.25, 0.3) is 0 Å². The number of hydrogen-bond acceptors (Lipinski definition) is 3. The number of sulfonamides is 1. The Morgan fingerprint density at radius 1 is 1.38 bits per heavy atom. The number of ether oxygens (including phenoxy) is 1. The first-order valence-electron chi connectivity index (χ1n) is 4.38. The van der Waals surface area contributed by atoms with Crippen molar-refractivity contribution in [3.63, 3.8) is 0 Å². The van der Waals surface area contributed by atoms with Gasteiger partial charge in [0.15, 0.2) is 0 Å². The molecule has 0 saturated heterocycles. The lowest BCUT2D eigenvalue weighted by Crippen LogP contribution is -2.21. The van der Waals surface area contributed by atoms with Gasteiger partial charge in [0.05, 0.1) is 5.75 Å². The molecule has 90 valence electrons. The van der Waals surface area contributed by atoms with E-state index in [1.807, 2.05) is 0 Å². The van der Waals surface area contributed by atoms with Gasteiger partial charge in [-0.15, -0.1) is 0 Å². The van der Waals surface area contributed by atoms with Gasteiger partial charge < -0.3 is 4.74 Å². The van der Waals surface area contributed by atoms with Crippen LogP contribution in [-0.2, 0) is 15.8 Å². The number of nitrogens with one attached hydrogen (secondary N) is 1. The molecule has 7 heteroatoms. The van der Waals surface area contributed by atoms with Crippen LogP contribution in [0.1, 0.15) is 5.56 Å². The van der Waals surface area contributed by atoms with Crippen molar-refractivity contribution < 1.29 is 21.9 Å². The van der Waals surface area contributed by atoms with E-state index in [1.165, 1.54) is 25.2 Å². The molecule has 0 aromatic heterocycles. The Balaban J connectivity index is 2.95. The summed E-state index contributed by atoms with van der Waals surface area (Å²) < 4.78 is 52.9. The fourth-order valence-corrected chi connectivity index (χ4v) is 1.90. The molecule has 0 aliphatic rings. The van der Waals surface area contributed by atoms with Crippen LogP contribution in [0, 0.1) is 0 Å². The molecule has 0 bridgehead atoms. The Morgan fingerprint density at radius 2 is 2.00 bits per heavy atom. The quantitative estimate of drug-likeness (QED) is 0.859. The summed E-state index contributed by atoms with van der Waals surface area (Å²) in [6.45, 7) is -2.97. The van der Waals surface area contributed by atoms with Gasteiger partial charge in [-0.3, -0.25) is 0 Å². The van der Waals surface area contributed by atoms with Crippen LogP contribution in [0.5, 0.6) is 5.75 Å². The fraction of sp³-hybridized carbons (Fsp3) is 0.333. The van der Waals surface area contributed by atoms with E-state index in [2.05, 4.69) is 9.46 Å². The Kier molecular flexibility index (Phi) is 4.19. The van der Waals surface area contributed by atoms with E-state index in [-0.39, 0.29) is 11.3 Å². The average Bonchev–Trinajstić information content (AvgIpc) is 2.20. The molecule has 0 heterocycles. The second kappa shape index (κ2) is 5.22. The SMILES string of the molecule is CNS(=O)(=O)Cc1ccccc1OC(F)F. The van der Waals surface area contributed by atoms with Crippen LogP contribution in [0.4, 0.5) is 8.78 Å². The van der Waals surface area contributed by atoms with Gasteiger partial charge in [0, 0.05) is 5.56 Å². The van der Waals surface area contributed by atoms with Gasteiger partial charge in [-0.2, -0.15) is 8.78 Å². The predicted octanol–water partition coefficient (Wildman–Crippen LogP) is 1.34. The Hall–Kier alpha value is -1.21. The standard InChI is InChI=1S/C9H11F2NO3S/c1-12-16(13,14)6-7-4-2-3-5-8(7)15-9(10)11/h2-5,9,12H,6H2,1H3. The van der Waals surface area contributed by atoms with Gasteiger partial charge in [0.1, 0.15) is 5.75 Å². The Bertz CT molecular complexity index is 448. The zero-order chi connectivity index (χ0) is 12.2. The molecule has 1 aromatic rings. The van der Waals surface area contributed by atoms with E-state index in [0.29, 0.717) is 0 Å². The van der Waals surface area contributed by atoms with E-state index in [9.17, 15) is 17.2 Å². The second-order valence-corrected chi connectivity index (χ2v) is 4.88. The third kappa shape index (κ3) is 3.74. The summed E-state index contributed by atoms with van der Waals surface area (Å²) in [7, 11) is -2.25. The van der Waals surface area contributed by atoms with Crippen LogP contribution < -0.4 is 9.46 Å². The largest absolute Gasteiger partial charge is 0.435 e. The van der Waals surface area contributed by atoms with E-state index in [4.69, 9.17) is 0 Å². The van der Waals surface area contributed by atoms with Crippen LogP contribution in [0.25, 0.3) is 0 Å². The van der Waals surface area contributed by atoms with Crippen LogP contribution in [0.2, 0.25) is 0 Å². The van der Waals surface area contributed by atoms with Gasteiger partial charge >= 0.3 is 6.61 Å². The third-order valence-electron chi connectivity index (χ3n) is 1.85. The highest BCUT2D eigenvalue weighted by molar-refractivity contribution is 7.88. The van der Waals surface area contributed by atoms with Gasteiger partial charge in [-0.05, 0) is 13.1 Å². The molecule has 1 N–H and O–H groups in total. The summed E-state index contributed by atoms with van der Waals surface area (Å²) in [5.41, 5.74) is 0.192. The minimum absolute atomic E-state index is 0.128. The first kappa shape index (κ1) is 12.9. The van der Waals surface area contributed by atoms with Crippen LogP contribution >= 0.6 is 0 Å². The van der Waals surface area contributed by atoms with Crippen molar-refractivity contribution in [2.45, 2.75) is 12.4 Å². The number of para-hydroxylation sites is 1. The molecule has 0 amide bonds. The monoisotopic (exact) mass is 251 g/mol. The number of halogens is 2. The molecule has 0 fully saturated rings. The second-order valence-electron chi connectivity index (χ2n) is 2.95. The molecule has 0 radical (unpaired) electrons. The normalized spacial score (nSPS) is 11.8. The van der Waals surface area contributed by atoms with Crippen molar-refractivity contribution >= 4 is 10.0 Å². The van der Waals surface area contributed by atoms with E-state index in [1.54, 1.807) is 6.07 Å². The average molecular weight is 251 g/mol. The summed E-state index contributed by atoms with van der Waals surface area (Å²) in [5, 5.41) is 0. The molecular weight excluding hydrogens is 240 g/mol. The lowest BCUT2D eigenvalue weighted by atomic mass is 10.2. The van der Waals surface area contributed by atoms with Crippen LogP contribution in [-0.4, -0.2) is 22.1 Å². The molecule has 1 aromatic carbocycles. The maximum Gasteiger partial charge on any atom is 0.387 e. The molecule has 0 aliphatic heterocycles. The van der Waals surface area contributed by atoms with Gasteiger partial charge in [-0.25, -0.2) is 13.1 Å². The van der Waals surface area contributed by atoms with Crippen LogP contribution in [0.15, 0.2) is 24.3 Å². The van der Waals surface area contributed by atoms with Crippen LogP contribution in [0.3, 0.4) is 0 Å². The summed E-state index contributed by atoms with van der Waals surface area (Å²) in [6.07, 6.45) is 0. The maximum absolute atomic E-state index is 12.0. The van der Waals surface area contributed by atoms with Gasteiger partial charge in [-0.1, -0.05) is 18.2 Å². The minimum atomic E-state index is -3.51. The third-order valence-corrected chi connectivity index (χ3v) is 3.16. The topological polar surface area (TPSA) is 55.4 Å². The number of hydrogen-bond donors (Lipinski definition) is 1. The van der Waals surface area contributed by atoms with E-state index < -0.39 is 22.4 Å². The summed E-state index contributed by atoms with van der Waals surface area (Å²) in [6, 6.07) is 5.77. The number of rotatable bonds is 5. The molecule has 0 aliphatic carbocycles. The highest BCUT2D eigenvalue weighted by Gasteiger charge is 2.14. The Morgan fingerprint density at radius 3 is 2.56 bits per heavy atom. The van der Waals surface area contributed by atoms with Crippen molar-refractivity contribution in [1.82, 2.24) is 4.72 Å². The Labute approximate surface area is 92.3 Å². The van der Waals surface area contributed by atoms with Crippen molar-refractivity contribution in [3.8, 4) is 5.75 Å². The number of benzene rings is 1. The lowest BCUT2D eigenvalue weighted by Gasteiger charge is -2.10. The van der Waals surface area contributed by atoms with E-state index in [0.717, 1.165) is 0 Å². The maximum atomic E-state index is 12.0. The number of alkyl halides is 2. The van der Waals surface area contributed by atoms with Crippen molar-refractivity contribution in [2.24, 2.45) is 0 Å². The predicted molar refractivity (Wildman–Crippen MR) is 54.8 cm³/mol. The zero-order valence-electron chi connectivity index (χ0n) is 8.48. The molecular formula is C9H11F2NO3S. The molecule has 0 unspecified atom stereocenters. The molecule has 1 rings (SSSR count). The first-order valence-corrected chi connectivity index (χ1v) is 6.04. The van der Waals surface area contributed by atoms with Crippen molar-refractivity contribution in [2.75, 3.05) is 7.05 Å². The lowest BCUT2D eigenvalue weighted by molar-refractivity contribution is -0.0503. The molecule has 0 saturated carbocycles. The zero-order valence-corrected chi connectivity index (χ0v) is 9.30. The van der Waals surface area contributed by atoms with E-state index >= 15 is 0 Å². The minimum Gasteiger partial charge on any atom is -0.435 e. The summed E-state index contributed by atoms with van der Waals surface area (Å²) >= 11 is 0. The molecule has 16 heavy (non-hydrogen) atoms.